The van der Waals surface area contributed by atoms with E-state index in [4.69, 9.17) is 9.47 Å². The van der Waals surface area contributed by atoms with Crippen molar-refractivity contribution in [2.45, 2.75) is 13.8 Å². The summed E-state index contributed by atoms with van der Waals surface area (Å²) in [5.74, 6) is 1.40. The van der Waals surface area contributed by atoms with E-state index in [0.717, 1.165) is 0 Å². The molecule has 0 aliphatic heterocycles. The van der Waals surface area contributed by atoms with Gasteiger partial charge >= 0.3 is 6.03 Å². The van der Waals surface area contributed by atoms with Crippen LogP contribution in [0.25, 0.3) is 0 Å². The van der Waals surface area contributed by atoms with Crippen molar-refractivity contribution in [2.75, 3.05) is 23.8 Å². The SMILES string of the molecule is CCOc1ccc(NC(=O)Nc2ccc(=O)[nH]n2)cc1OCC. The Balaban J connectivity index is 2.06. The van der Waals surface area contributed by atoms with Crippen LogP contribution in [0.4, 0.5) is 16.3 Å². The second-order valence-electron chi connectivity index (χ2n) is 4.41. The van der Waals surface area contributed by atoms with Crippen molar-refractivity contribution in [3.05, 3.63) is 40.7 Å². The number of rotatable bonds is 6. The molecule has 23 heavy (non-hydrogen) atoms. The molecule has 0 saturated carbocycles. The molecule has 0 atom stereocenters. The molecule has 2 rings (SSSR count). The Hall–Kier alpha value is -3.03. The molecule has 0 radical (unpaired) electrons. The number of hydrogen-bond acceptors (Lipinski definition) is 5. The first-order chi connectivity index (χ1) is 11.1. The summed E-state index contributed by atoms with van der Waals surface area (Å²) in [6, 6.07) is 7.29. The van der Waals surface area contributed by atoms with E-state index in [2.05, 4.69) is 20.8 Å². The van der Waals surface area contributed by atoms with Gasteiger partial charge in [0.2, 0.25) is 0 Å². The molecule has 1 heterocycles. The van der Waals surface area contributed by atoms with E-state index >= 15 is 0 Å². The Morgan fingerprint density at radius 3 is 2.48 bits per heavy atom. The zero-order valence-electron chi connectivity index (χ0n) is 12.9. The molecule has 3 N–H and O–H groups in total. The maximum atomic E-state index is 11.9. The smallest absolute Gasteiger partial charge is 0.324 e. The summed E-state index contributed by atoms with van der Waals surface area (Å²) in [4.78, 5) is 22.8. The van der Waals surface area contributed by atoms with Gasteiger partial charge in [-0.05, 0) is 32.0 Å². The summed E-state index contributed by atoms with van der Waals surface area (Å²) >= 11 is 0. The molecule has 0 aliphatic carbocycles. The minimum absolute atomic E-state index is 0.234. The van der Waals surface area contributed by atoms with Crippen molar-refractivity contribution in [2.24, 2.45) is 0 Å². The van der Waals surface area contributed by atoms with Crippen molar-refractivity contribution >= 4 is 17.5 Å². The van der Waals surface area contributed by atoms with Crippen molar-refractivity contribution in [1.82, 2.24) is 10.2 Å². The maximum Gasteiger partial charge on any atom is 0.324 e. The van der Waals surface area contributed by atoms with E-state index in [1.165, 1.54) is 12.1 Å². The number of anilines is 2. The molecular weight excluding hydrogens is 300 g/mol. The normalized spacial score (nSPS) is 10.0. The molecule has 1 aromatic heterocycles. The highest BCUT2D eigenvalue weighted by molar-refractivity contribution is 5.99. The molecule has 0 aliphatic rings. The Bertz CT molecular complexity index is 709. The standard InChI is InChI=1S/C15H18N4O4/c1-3-22-11-6-5-10(9-12(11)23-4-2)16-15(21)17-13-7-8-14(20)19-18-13/h5-9H,3-4H2,1-2H3,(H,19,20)(H2,16,17,18,21). The van der Waals surface area contributed by atoms with Crippen LogP contribution in [-0.4, -0.2) is 29.4 Å². The van der Waals surface area contributed by atoms with E-state index in [-0.39, 0.29) is 11.4 Å². The fourth-order valence-corrected chi connectivity index (χ4v) is 1.82. The Morgan fingerprint density at radius 2 is 1.83 bits per heavy atom. The summed E-state index contributed by atoms with van der Waals surface area (Å²) in [5.41, 5.74) is 0.197. The summed E-state index contributed by atoms with van der Waals surface area (Å²) in [6.45, 7) is 4.75. The molecule has 8 heteroatoms. The van der Waals surface area contributed by atoms with Crippen molar-refractivity contribution < 1.29 is 14.3 Å². The molecular formula is C15H18N4O4. The van der Waals surface area contributed by atoms with Gasteiger partial charge in [0, 0.05) is 17.8 Å². The third-order valence-electron chi connectivity index (χ3n) is 2.72. The van der Waals surface area contributed by atoms with Crippen LogP contribution in [0.2, 0.25) is 0 Å². The van der Waals surface area contributed by atoms with Gasteiger partial charge in [-0.3, -0.25) is 10.1 Å². The topological polar surface area (TPSA) is 105 Å². The van der Waals surface area contributed by atoms with Crippen molar-refractivity contribution in [1.29, 1.82) is 0 Å². The number of benzene rings is 1. The van der Waals surface area contributed by atoms with E-state index in [1.54, 1.807) is 18.2 Å². The lowest BCUT2D eigenvalue weighted by molar-refractivity contribution is 0.262. The molecule has 2 amide bonds. The van der Waals surface area contributed by atoms with Crippen LogP contribution in [0.5, 0.6) is 11.5 Å². The summed E-state index contributed by atoms with van der Waals surface area (Å²) in [5, 5.41) is 11.1. The second-order valence-corrected chi connectivity index (χ2v) is 4.41. The van der Waals surface area contributed by atoms with Crippen LogP contribution < -0.4 is 25.7 Å². The van der Waals surface area contributed by atoms with Crippen LogP contribution >= 0.6 is 0 Å². The Kier molecular flexibility index (Phi) is 5.56. The van der Waals surface area contributed by atoms with Crippen LogP contribution in [0, 0.1) is 0 Å². The second kappa shape index (κ2) is 7.83. The Morgan fingerprint density at radius 1 is 1.09 bits per heavy atom. The minimum atomic E-state index is -0.490. The number of aromatic amines is 1. The number of H-pyrrole nitrogens is 1. The lowest BCUT2D eigenvalue weighted by Crippen LogP contribution is -2.21. The third-order valence-corrected chi connectivity index (χ3v) is 2.72. The molecule has 8 nitrogen and oxygen atoms in total. The van der Waals surface area contributed by atoms with E-state index in [0.29, 0.717) is 30.4 Å². The van der Waals surface area contributed by atoms with E-state index in [9.17, 15) is 9.59 Å². The van der Waals surface area contributed by atoms with Crippen molar-refractivity contribution in [3.63, 3.8) is 0 Å². The molecule has 0 spiro atoms. The maximum absolute atomic E-state index is 11.9. The van der Waals surface area contributed by atoms with Crippen LogP contribution in [0.1, 0.15) is 13.8 Å². The largest absolute Gasteiger partial charge is 0.490 e. The number of nitrogens with one attached hydrogen (secondary N) is 3. The number of nitrogens with zero attached hydrogens (tertiary/aromatic N) is 1. The molecule has 0 saturated heterocycles. The molecule has 122 valence electrons. The first-order valence-corrected chi connectivity index (χ1v) is 7.15. The minimum Gasteiger partial charge on any atom is -0.490 e. The van der Waals surface area contributed by atoms with Crippen molar-refractivity contribution in [3.8, 4) is 11.5 Å². The number of ether oxygens (including phenoxy) is 2. The highest BCUT2D eigenvalue weighted by atomic mass is 16.5. The Labute approximate surface area is 132 Å². The lowest BCUT2D eigenvalue weighted by Gasteiger charge is -2.13. The third kappa shape index (κ3) is 4.73. The zero-order valence-corrected chi connectivity index (χ0v) is 12.9. The highest BCUT2D eigenvalue weighted by Crippen LogP contribution is 2.30. The zero-order chi connectivity index (χ0) is 16.7. The van der Waals surface area contributed by atoms with Gasteiger partial charge in [0.15, 0.2) is 17.3 Å². The number of carbonyl (C=O) groups is 1. The summed E-state index contributed by atoms with van der Waals surface area (Å²) < 4.78 is 11.0. The first-order valence-electron chi connectivity index (χ1n) is 7.15. The average molecular weight is 318 g/mol. The van der Waals surface area contributed by atoms with E-state index < -0.39 is 6.03 Å². The van der Waals surface area contributed by atoms with Gasteiger partial charge in [-0.15, -0.1) is 0 Å². The first kappa shape index (κ1) is 16.3. The number of urea groups is 1. The quantitative estimate of drug-likeness (QED) is 0.757. The predicted octanol–water partition coefficient (Wildman–Crippen LogP) is 2.21. The number of carbonyl (C=O) groups excluding carboxylic acids is 1. The van der Waals surface area contributed by atoms with Gasteiger partial charge in [-0.2, -0.15) is 5.10 Å². The molecule has 0 unspecified atom stereocenters. The molecule has 2 aromatic rings. The van der Waals surface area contributed by atoms with Gasteiger partial charge in [-0.1, -0.05) is 0 Å². The highest BCUT2D eigenvalue weighted by Gasteiger charge is 2.09. The van der Waals surface area contributed by atoms with Crippen LogP contribution in [0.15, 0.2) is 35.1 Å². The lowest BCUT2D eigenvalue weighted by atomic mass is 10.2. The average Bonchev–Trinajstić information content (AvgIpc) is 2.52. The van der Waals surface area contributed by atoms with Gasteiger partial charge in [0.1, 0.15) is 0 Å². The van der Waals surface area contributed by atoms with Gasteiger partial charge in [-0.25, -0.2) is 9.89 Å². The van der Waals surface area contributed by atoms with Gasteiger partial charge in [0.05, 0.1) is 13.2 Å². The molecule has 0 bridgehead atoms. The fraction of sp³-hybridized carbons (Fsp3) is 0.267. The van der Waals surface area contributed by atoms with Gasteiger partial charge < -0.3 is 14.8 Å². The van der Waals surface area contributed by atoms with Crippen LogP contribution in [0.3, 0.4) is 0 Å². The predicted molar refractivity (Wildman–Crippen MR) is 86.3 cm³/mol. The summed E-state index contributed by atoms with van der Waals surface area (Å²) in [7, 11) is 0. The number of aromatic nitrogens is 2. The van der Waals surface area contributed by atoms with Gasteiger partial charge in [0.25, 0.3) is 5.56 Å². The number of amides is 2. The monoisotopic (exact) mass is 318 g/mol. The number of hydrogen-bond donors (Lipinski definition) is 3. The fourth-order valence-electron chi connectivity index (χ4n) is 1.82. The molecule has 1 aromatic carbocycles. The van der Waals surface area contributed by atoms with E-state index in [1.807, 2.05) is 13.8 Å². The summed E-state index contributed by atoms with van der Waals surface area (Å²) in [6.07, 6.45) is 0. The van der Waals surface area contributed by atoms with Crippen LogP contribution in [-0.2, 0) is 0 Å². The molecule has 0 fully saturated rings.